The molecule has 3 nitrogen and oxygen atoms in total. The SMILES string of the molecule is CCC(=O)c1ccc2oc(-c3cccs3)nc2c1. The van der Waals surface area contributed by atoms with E-state index in [0.29, 0.717) is 23.5 Å². The van der Waals surface area contributed by atoms with Crippen molar-refractivity contribution in [2.75, 3.05) is 0 Å². The maximum atomic E-state index is 11.6. The maximum Gasteiger partial charge on any atom is 0.237 e. The molecule has 0 aliphatic carbocycles. The van der Waals surface area contributed by atoms with E-state index in [9.17, 15) is 4.79 Å². The molecule has 3 rings (SSSR count). The van der Waals surface area contributed by atoms with Gasteiger partial charge in [0.15, 0.2) is 11.4 Å². The molecule has 0 saturated carbocycles. The molecule has 18 heavy (non-hydrogen) atoms. The molecule has 0 amide bonds. The standard InChI is InChI=1S/C14H11NO2S/c1-2-11(16)9-5-6-12-10(8-9)15-14(17-12)13-4-3-7-18-13/h3-8H,2H2,1H3. The van der Waals surface area contributed by atoms with Gasteiger partial charge in [-0.1, -0.05) is 13.0 Å². The average Bonchev–Trinajstić information content (AvgIpc) is 3.04. The predicted octanol–water partition coefficient (Wildman–Crippen LogP) is 4.15. The highest BCUT2D eigenvalue weighted by Crippen LogP contribution is 2.28. The minimum Gasteiger partial charge on any atom is -0.435 e. The number of hydrogen-bond acceptors (Lipinski definition) is 4. The number of nitrogens with zero attached hydrogens (tertiary/aromatic N) is 1. The van der Waals surface area contributed by atoms with Gasteiger partial charge in [-0.25, -0.2) is 4.98 Å². The lowest BCUT2D eigenvalue weighted by molar-refractivity contribution is 0.0988. The minimum absolute atomic E-state index is 0.123. The van der Waals surface area contributed by atoms with Crippen molar-refractivity contribution in [2.24, 2.45) is 0 Å². The first-order valence-electron chi connectivity index (χ1n) is 5.75. The van der Waals surface area contributed by atoms with Crippen LogP contribution in [0.25, 0.3) is 21.9 Å². The Labute approximate surface area is 108 Å². The summed E-state index contributed by atoms with van der Waals surface area (Å²) in [5.74, 6) is 0.735. The van der Waals surface area contributed by atoms with Gasteiger partial charge in [0.25, 0.3) is 0 Å². The van der Waals surface area contributed by atoms with Crippen molar-refractivity contribution >= 4 is 28.2 Å². The number of benzene rings is 1. The van der Waals surface area contributed by atoms with Crippen LogP contribution >= 0.6 is 11.3 Å². The van der Waals surface area contributed by atoms with Crippen molar-refractivity contribution in [3.8, 4) is 10.8 Å². The molecular formula is C14H11NO2S. The molecule has 0 radical (unpaired) electrons. The first-order valence-corrected chi connectivity index (χ1v) is 6.63. The van der Waals surface area contributed by atoms with Crippen LogP contribution in [0.3, 0.4) is 0 Å². The van der Waals surface area contributed by atoms with Gasteiger partial charge in [0.05, 0.1) is 4.88 Å². The summed E-state index contributed by atoms with van der Waals surface area (Å²) < 4.78 is 5.67. The smallest absolute Gasteiger partial charge is 0.237 e. The number of oxazole rings is 1. The lowest BCUT2D eigenvalue weighted by atomic mass is 10.1. The van der Waals surface area contributed by atoms with Crippen LogP contribution in [0.5, 0.6) is 0 Å². The molecule has 2 aromatic heterocycles. The third-order valence-electron chi connectivity index (χ3n) is 2.76. The van der Waals surface area contributed by atoms with Gasteiger partial charge in [-0.2, -0.15) is 0 Å². The number of fused-ring (bicyclic) bond motifs is 1. The van der Waals surface area contributed by atoms with Gasteiger partial charge in [0.1, 0.15) is 5.52 Å². The van der Waals surface area contributed by atoms with Crippen LogP contribution in [-0.4, -0.2) is 10.8 Å². The fraction of sp³-hybridized carbons (Fsp3) is 0.143. The van der Waals surface area contributed by atoms with Crippen molar-refractivity contribution < 1.29 is 9.21 Å². The van der Waals surface area contributed by atoms with E-state index in [2.05, 4.69) is 4.98 Å². The van der Waals surface area contributed by atoms with Crippen molar-refractivity contribution in [1.29, 1.82) is 0 Å². The van der Waals surface area contributed by atoms with Crippen molar-refractivity contribution in [3.63, 3.8) is 0 Å². The molecule has 0 N–H and O–H groups in total. The Balaban J connectivity index is 2.10. The second kappa shape index (κ2) is 4.38. The van der Waals surface area contributed by atoms with Crippen LogP contribution in [0.15, 0.2) is 40.1 Å². The third-order valence-corrected chi connectivity index (χ3v) is 3.62. The van der Waals surface area contributed by atoms with Gasteiger partial charge in [0.2, 0.25) is 5.89 Å². The van der Waals surface area contributed by atoms with Gasteiger partial charge in [-0.3, -0.25) is 4.79 Å². The summed E-state index contributed by atoms with van der Waals surface area (Å²) in [6, 6.07) is 9.32. The summed E-state index contributed by atoms with van der Waals surface area (Å²) in [7, 11) is 0. The number of hydrogen-bond donors (Lipinski definition) is 0. The molecule has 4 heteroatoms. The Hall–Kier alpha value is -1.94. The molecule has 0 atom stereocenters. The van der Waals surface area contributed by atoms with E-state index in [1.165, 1.54) is 0 Å². The Bertz CT molecular complexity index is 698. The van der Waals surface area contributed by atoms with E-state index in [1.807, 2.05) is 30.5 Å². The molecular weight excluding hydrogens is 246 g/mol. The fourth-order valence-corrected chi connectivity index (χ4v) is 2.46. The summed E-state index contributed by atoms with van der Waals surface area (Å²) in [4.78, 5) is 17.1. The van der Waals surface area contributed by atoms with Gasteiger partial charge in [-0.15, -0.1) is 11.3 Å². The first kappa shape index (κ1) is 11.2. The minimum atomic E-state index is 0.123. The number of aromatic nitrogens is 1. The second-order valence-electron chi connectivity index (χ2n) is 3.96. The number of carbonyl (C=O) groups excluding carboxylic acids is 1. The highest BCUT2D eigenvalue weighted by atomic mass is 32.1. The van der Waals surface area contributed by atoms with E-state index in [1.54, 1.807) is 23.5 Å². The Morgan fingerprint density at radius 1 is 1.39 bits per heavy atom. The van der Waals surface area contributed by atoms with Crippen molar-refractivity contribution in [2.45, 2.75) is 13.3 Å². The predicted molar refractivity (Wildman–Crippen MR) is 71.9 cm³/mol. The second-order valence-corrected chi connectivity index (χ2v) is 4.90. The molecule has 0 aliphatic heterocycles. The van der Waals surface area contributed by atoms with Gasteiger partial charge < -0.3 is 4.42 Å². The highest BCUT2D eigenvalue weighted by Gasteiger charge is 2.11. The van der Waals surface area contributed by atoms with Crippen LogP contribution < -0.4 is 0 Å². The molecule has 0 fully saturated rings. The van der Waals surface area contributed by atoms with Crippen molar-refractivity contribution in [3.05, 3.63) is 41.3 Å². The van der Waals surface area contributed by atoms with E-state index in [4.69, 9.17) is 4.42 Å². The van der Waals surface area contributed by atoms with Crippen LogP contribution in [0.2, 0.25) is 0 Å². The first-order chi connectivity index (χ1) is 8.78. The third kappa shape index (κ3) is 1.84. The van der Waals surface area contributed by atoms with Gasteiger partial charge >= 0.3 is 0 Å². The zero-order chi connectivity index (χ0) is 12.5. The number of rotatable bonds is 3. The lowest BCUT2D eigenvalue weighted by Gasteiger charge is -1.95. The number of ketones is 1. The van der Waals surface area contributed by atoms with Crippen LogP contribution in [0.4, 0.5) is 0 Å². The molecule has 0 aliphatic rings. The molecule has 0 bridgehead atoms. The molecule has 1 aromatic carbocycles. The van der Waals surface area contributed by atoms with Crippen LogP contribution in [0.1, 0.15) is 23.7 Å². The molecule has 0 unspecified atom stereocenters. The highest BCUT2D eigenvalue weighted by molar-refractivity contribution is 7.13. The molecule has 2 heterocycles. The summed E-state index contributed by atoms with van der Waals surface area (Å²) in [5.41, 5.74) is 2.14. The van der Waals surface area contributed by atoms with Crippen LogP contribution in [0, 0.1) is 0 Å². The number of Topliss-reactive ketones (excluding diaryl/α,β-unsaturated/α-hetero) is 1. The Kier molecular flexibility index (Phi) is 2.72. The topological polar surface area (TPSA) is 43.1 Å². The quantitative estimate of drug-likeness (QED) is 0.662. The number of carbonyl (C=O) groups is 1. The molecule has 3 aromatic rings. The van der Waals surface area contributed by atoms with Crippen molar-refractivity contribution in [1.82, 2.24) is 4.98 Å². The fourth-order valence-electron chi connectivity index (χ4n) is 1.81. The van der Waals surface area contributed by atoms with Crippen LogP contribution in [-0.2, 0) is 0 Å². The van der Waals surface area contributed by atoms with E-state index in [0.717, 1.165) is 10.4 Å². The zero-order valence-corrected chi connectivity index (χ0v) is 10.7. The molecule has 90 valence electrons. The van der Waals surface area contributed by atoms with Gasteiger partial charge in [-0.05, 0) is 29.6 Å². The Morgan fingerprint density at radius 3 is 3.00 bits per heavy atom. The van der Waals surface area contributed by atoms with Gasteiger partial charge in [0, 0.05) is 12.0 Å². The summed E-state index contributed by atoms with van der Waals surface area (Å²) >= 11 is 1.58. The van der Waals surface area contributed by atoms with E-state index >= 15 is 0 Å². The summed E-state index contributed by atoms with van der Waals surface area (Å²) in [5, 5.41) is 1.98. The average molecular weight is 257 g/mol. The summed E-state index contributed by atoms with van der Waals surface area (Å²) in [6.45, 7) is 1.85. The number of thiophene rings is 1. The van der Waals surface area contributed by atoms with E-state index < -0.39 is 0 Å². The zero-order valence-electron chi connectivity index (χ0n) is 9.84. The maximum absolute atomic E-state index is 11.6. The molecule has 0 saturated heterocycles. The monoisotopic (exact) mass is 257 g/mol. The lowest BCUT2D eigenvalue weighted by Crippen LogP contribution is -1.95. The molecule has 0 spiro atoms. The normalized spacial score (nSPS) is 10.9. The Morgan fingerprint density at radius 2 is 2.28 bits per heavy atom. The summed E-state index contributed by atoms with van der Waals surface area (Å²) in [6.07, 6.45) is 0.501. The largest absolute Gasteiger partial charge is 0.435 e. The van der Waals surface area contributed by atoms with E-state index in [-0.39, 0.29) is 5.78 Å².